The van der Waals surface area contributed by atoms with Gasteiger partial charge in [-0.2, -0.15) is 0 Å². The van der Waals surface area contributed by atoms with Crippen molar-refractivity contribution in [2.75, 3.05) is 13.2 Å². The average Bonchev–Trinajstić information content (AvgIpc) is 2.91. The van der Waals surface area contributed by atoms with Crippen LogP contribution in [0.5, 0.6) is 0 Å². The van der Waals surface area contributed by atoms with Gasteiger partial charge in [0.2, 0.25) is 6.29 Å². The summed E-state index contributed by atoms with van der Waals surface area (Å²) in [7, 11) is 0. The number of nitrogens with zero attached hydrogens (tertiary/aromatic N) is 1. The fourth-order valence-electron chi connectivity index (χ4n) is 2.84. The predicted molar refractivity (Wildman–Crippen MR) is 78.5 cm³/mol. The number of benzene rings is 1. The minimum Gasteiger partial charge on any atom is -0.345 e. The van der Waals surface area contributed by atoms with E-state index in [1.165, 1.54) is 22.3 Å². The molecule has 1 saturated heterocycles. The lowest BCUT2D eigenvalue weighted by Gasteiger charge is -2.13. The van der Waals surface area contributed by atoms with Crippen LogP contribution in [0.3, 0.4) is 0 Å². The molecule has 1 aliphatic heterocycles. The SMILES string of the molecule is Cc1cc(C)c(-c2cccc(C3OCCO3)n2)c(C)c1. The van der Waals surface area contributed by atoms with E-state index >= 15 is 0 Å². The van der Waals surface area contributed by atoms with E-state index in [1.54, 1.807) is 0 Å². The van der Waals surface area contributed by atoms with E-state index in [4.69, 9.17) is 14.5 Å². The third kappa shape index (κ3) is 2.47. The van der Waals surface area contributed by atoms with Gasteiger partial charge in [-0.3, -0.25) is 0 Å². The highest BCUT2D eigenvalue weighted by Gasteiger charge is 2.20. The van der Waals surface area contributed by atoms with E-state index in [2.05, 4.69) is 32.9 Å². The molecule has 0 atom stereocenters. The molecule has 0 bridgehead atoms. The summed E-state index contributed by atoms with van der Waals surface area (Å²) in [4.78, 5) is 4.73. The van der Waals surface area contributed by atoms with Gasteiger partial charge in [-0.05, 0) is 44.0 Å². The third-order valence-corrected chi connectivity index (χ3v) is 3.57. The van der Waals surface area contributed by atoms with E-state index in [1.807, 2.05) is 18.2 Å². The fraction of sp³-hybridized carbons (Fsp3) is 0.353. The number of hydrogen-bond acceptors (Lipinski definition) is 3. The van der Waals surface area contributed by atoms with Crippen molar-refractivity contribution in [3.63, 3.8) is 0 Å². The Hall–Kier alpha value is -1.71. The molecule has 0 saturated carbocycles. The molecular formula is C17H19NO2. The summed E-state index contributed by atoms with van der Waals surface area (Å²) in [6.07, 6.45) is -0.319. The molecule has 3 rings (SSSR count). The fourth-order valence-corrected chi connectivity index (χ4v) is 2.84. The van der Waals surface area contributed by atoms with Crippen LogP contribution in [0, 0.1) is 20.8 Å². The Kier molecular flexibility index (Phi) is 3.55. The Bertz CT molecular complexity index is 608. The molecule has 3 nitrogen and oxygen atoms in total. The molecule has 3 heteroatoms. The number of aryl methyl sites for hydroxylation is 3. The van der Waals surface area contributed by atoms with Gasteiger partial charge in [-0.15, -0.1) is 0 Å². The minimum absolute atomic E-state index is 0.319. The zero-order chi connectivity index (χ0) is 14.1. The summed E-state index contributed by atoms with van der Waals surface area (Å²) >= 11 is 0. The smallest absolute Gasteiger partial charge is 0.201 e. The first-order chi connectivity index (χ1) is 9.65. The molecule has 20 heavy (non-hydrogen) atoms. The molecule has 1 fully saturated rings. The largest absolute Gasteiger partial charge is 0.345 e. The summed E-state index contributed by atoms with van der Waals surface area (Å²) in [6, 6.07) is 10.4. The lowest BCUT2D eigenvalue weighted by molar-refractivity contribution is -0.0472. The number of rotatable bonds is 2. The summed E-state index contributed by atoms with van der Waals surface area (Å²) in [5.74, 6) is 0. The maximum Gasteiger partial charge on any atom is 0.201 e. The average molecular weight is 269 g/mol. The predicted octanol–water partition coefficient (Wildman–Crippen LogP) is 3.72. The van der Waals surface area contributed by atoms with Crippen LogP contribution in [0.1, 0.15) is 28.7 Å². The van der Waals surface area contributed by atoms with Gasteiger partial charge >= 0.3 is 0 Å². The number of pyridine rings is 1. The molecule has 1 aromatic carbocycles. The van der Waals surface area contributed by atoms with Crippen molar-refractivity contribution >= 4 is 0 Å². The third-order valence-electron chi connectivity index (χ3n) is 3.57. The Balaban J connectivity index is 2.04. The van der Waals surface area contributed by atoms with E-state index < -0.39 is 0 Å². The van der Waals surface area contributed by atoms with E-state index in [9.17, 15) is 0 Å². The highest BCUT2D eigenvalue weighted by Crippen LogP contribution is 2.29. The first-order valence-corrected chi connectivity index (χ1v) is 6.93. The first kappa shape index (κ1) is 13.3. The van der Waals surface area contributed by atoms with Crippen LogP contribution in [-0.4, -0.2) is 18.2 Å². The molecule has 104 valence electrons. The standard InChI is InChI=1S/C17H19NO2/c1-11-9-12(2)16(13(3)10-11)14-5-4-6-15(18-14)17-19-7-8-20-17/h4-6,9-10,17H,7-8H2,1-3H3. The highest BCUT2D eigenvalue weighted by molar-refractivity contribution is 5.68. The van der Waals surface area contributed by atoms with Crippen molar-refractivity contribution in [3.8, 4) is 11.3 Å². The highest BCUT2D eigenvalue weighted by atomic mass is 16.7. The quantitative estimate of drug-likeness (QED) is 0.832. The second-order valence-corrected chi connectivity index (χ2v) is 5.29. The molecule has 2 heterocycles. The van der Waals surface area contributed by atoms with Crippen LogP contribution in [0.4, 0.5) is 0 Å². The normalized spacial score (nSPS) is 15.8. The van der Waals surface area contributed by atoms with Crippen LogP contribution in [0.2, 0.25) is 0 Å². The van der Waals surface area contributed by atoms with E-state index in [-0.39, 0.29) is 6.29 Å². The zero-order valence-electron chi connectivity index (χ0n) is 12.1. The molecule has 2 aromatic rings. The van der Waals surface area contributed by atoms with Crippen molar-refractivity contribution in [1.29, 1.82) is 0 Å². The monoisotopic (exact) mass is 269 g/mol. The van der Waals surface area contributed by atoms with Crippen LogP contribution < -0.4 is 0 Å². The summed E-state index contributed by atoms with van der Waals surface area (Å²) in [5.41, 5.74) is 6.81. The molecule has 0 radical (unpaired) electrons. The maximum atomic E-state index is 5.52. The Labute approximate surface area is 119 Å². The van der Waals surface area contributed by atoms with Gasteiger partial charge in [0, 0.05) is 5.56 Å². The lowest BCUT2D eigenvalue weighted by atomic mass is 9.97. The number of aromatic nitrogens is 1. The lowest BCUT2D eigenvalue weighted by Crippen LogP contribution is -2.02. The Morgan fingerprint density at radius 1 is 1.00 bits per heavy atom. The molecule has 1 aromatic heterocycles. The van der Waals surface area contributed by atoms with Crippen molar-refractivity contribution in [2.45, 2.75) is 27.1 Å². The van der Waals surface area contributed by atoms with Crippen LogP contribution in [-0.2, 0) is 9.47 Å². The second-order valence-electron chi connectivity index (χ2n) is 5.29. The van der Waals surface area contributed by atoms with E-state index in [0.717, 1.165) is 11.4 Å². The van der Waals surface area contributed by atoms with Gasteiger partial charge in [-0.25, -0.2) is 4.98 Å². The molecule has 0 unspecified atom stereocenters. The first-order valence-electron chi connectivity index (χ1n) is 6.93. The van der Waals surface area contributed by atoms with E-state index in [0.29, 0.717) is 13.2 Å². The van der Waals surface area contributed by atoms with Crippen LogP contribution >= 0.6 is 0 Å². The van der Waals surface area contributed by atoms with Gasteiger partial charge in [0.15, 0.2) is 0 Å². The van der Waals surface area contributed by atoms with Gasteiger partial charge in [0.1, 0.15) is 0 Å². The zero-order valence-corrected chi connectivity index (χ0v) is 12.1. The Morgan fingerprint density at radius 2 is 1.65 bits per heavy atom. The van der Waals surface area contributed by atoms with Gasteiger partial charge in [0.05, 0.1) is 24.6 Å². The van der Waals surface area contributed by atoms with Crippen molar-refractivity contribution in [2.24, 2.45) is 0 Å². The molecule has 0 spiro atoms. The molecule has 1 aliphatic rings. The van der Waals surface area contributed by atoms with Gasteiger partial charge in [-0.1, -0.05) is 23.8 Å². The number of hydrogen-bond donors (Lipinski definition) is 0. The molecular weight excluding hydrogens is 250 g/mol. The molecule has 0 N–H and O–H groups in total. The van der Waals surface area contributed by atoms with Crippen LogP contribution in [0.15, 0.2) is 30.3 Å². The van der Waals surface area contributed by atoms with Crippen molar-refractivity contribution in [1.82, 2.24) is 4.98 Å². The summed E-state index contributed by atoms with van der Waals surface area (Å²) in [5, 5.41) is 0. The van der Waals surface area contributed by atoms with Crippen LogP contribution in [0.25, 0.3) is 11.3 Å². The maximum absolute atomic E-state index is 5.52. The van der Waals surface area contributed by atoms with Gasteiger partial charge in [0.25, 0.3) is 0 Å². The number of ether oxygens (including phenoxy) is 2. The molecule has 0 amide bonds. The Morgan fingerprint density at radius 3 is 2.30 bits per heavy atom. The summed E-state index contributed by atoms with van der Waals surface area (Å²) in [6.45, 7) is 7.66. The topological polar surface area (TPSA) is 31.4 Å². The van der Waals surface area contributed by atoms with Crippen molar-refractivity contribution in [3.05, 3.63) is 52.7 Å². The minimum atomic E-state index is -0.319. The molecule has 0 aliphatic carbocycles. The van der Waals surface area contributed by atoms with Gasteiger partial charge < -0.3 is 9.47 Å². The van der Waals surface area contributed by atoms with Crippen molar-refractivity contribution < 1.29 is 9.47 Å². The summed E-state index contributed by atoms with van der Waals surface area (Å²) < 4.78 is 11.0. The second kappa shape index (κ2) is 5.35.